The summed E-state index contributed by atoms with van der Waals surface area (Å²) >= 11 is 0. The number of aromatic nitrogens is 1. The smallest absolute Gasteiger partial charge is 0.359 e. The molecule has 7 nitrogen and oxygen atoms in total. The van der Waals surface area contributed by atoms with Crippen molar-refractivity contribution in [3.63, 3.8) is 0 Å². The first-order chi connectivity index (χ1) is 15.1. The highest BCUT2D eigenvalue weighted by molar-refractivity contribution is 5.91. The Bertz CT molecular complexity index is 1280. The van der Waals surface area contributed by atoms with Crippen molar-refractivity contribution in [2.24, 2.45) is 0 Å². The lowest BCUT2D eigenvalue weighted by atomic mass is 10.1. The van der Waals surface area contributed by atoms with Gasteiger partial charge in [-0.2, -0.15) is 0 Å². The summed E-state index contributed by atoms with van der Waals surface area (Å²) < 4.78 is 5.24. The van der Waals surface area contributed by atoms with Crippen molar-refractivity contribution in [3.8, 4) is 0 Å². The van der Waals surface area contributed by atoms with E-state index >= 15 is 0 Å². The quantitative estimate of drug-likeness (QED) is 0.431. The lowest BCUT2D eigenvalue weighted by molar-refractivity contribution is 0.255. The first-order valence-electron chi connectivity index (χ1n) is 10.7. The van der Waals surface area contributed by atoms with Gasteiger partial charge in [0.15, 0.2) is 0 Å². The number of benzene rings is 2. The molecular formula is C24H27N5O2. The molecule has 5 rings (SSSR count). The van der Waals surface area contributed by atoms with Crippen LogP contribution in [0.25, 0.3) is 21.9 Å². The zero-order chi connectivity index (χ0) is 21.4. The molecule has 0 unspecified atom stereocenters. The minimum atomic E-state index is -0.481. The Morgan fingerprint density at radius 2 is 1.81 bits per heavy atom. The van der Waals surface area contributed by atoms with Gasteiger partial charge in [-0.1, -0.05) is 6.07 Å². The van der Waals surface area contributed by atoms with Crippen LogP contribution in [0, 0.1) is 0 Å². The van der Waals surface area contributed by atoms with E-state index in [9.17, 15) is 4.79 Å². The topological polar surface area (TPSA) is 105 Å². The van der Waals surface area contributed by atoms with Gasteiger partial charge in [0.05, 0.1) is 5.69 Å². The normalized spacial score (nSPS) is 15.2. The molecular weight excluding hydrogens is 390 g/mol. The summed E-state index contributed by atoms with van der Waals surface area (Å²) in [6, 6.07) is 14.1. The molecule has 0 spiro atoms. The van der Waals surface area contributed by atoms with Crippen molar-refractivity contribution in [3.05, 3.63) is 64.6 Å². The first-order valence-corrected chi connectivity index (χ1v) is 10.7. The zero-order valence-corrected chi connectivity index (χ0v) is 17.4. The van der Waals surface area contributed by atoms with E-state index < -0.39 is 5.63 Å². The second kappa shape index (κ2) is 8.00. The molecule has 1 aliphatic heterocycles. The molecule has 0 saturated carbocycles. The monoisotopic (exact) mass is 417 g/mol. The molecule has 160 valence electrons. The van der Waals surface area contributed by atoms with E-state index in [-0.39, 0.29) is 5.69 Å². The molecule has 1 aliphatic rings. The molecule has 31 heavy (non-hydrogen) atoms. The van der Waals surface area contributed by atoms with Crippen LogP contribution in [-0.2, 0) is 6.42 Å². The number of H-pyrrole nitrogens is 1. The van der Waals surface area contributed by atoms with Crippen LogP contribution in [0.1, 0.15) is 12.0 Å². The van der Waals surface area contributed by atoms with Crippen LogP contribution in [0.2, 0.25) is 0 Å². The van der Waals surface area contributed by atoms with E-state index in [0.717, 1.165) is 73.2 Å². The van der Waals surface area contributed by atoms with Crippen molar-refractivity contribution in [1.29, 1.82) is 0 Å². The average molecular weight is 418 g/mol. The van der Waals surface area contributed by atoms with Crippen molar-refractivity contribution < 1.29 is 4.42 Å². The van der Waals surface area contributed by atoms with E-state index in [1.54, 1.807) is 6.07 Å². The number of nitrogens with zero attached hydrogens (tertiary/aromatic N) is 2. The van der Waals surface area contributed by atoms with Crippen LogP contribution >= 0.6 is 0 Å². The molecule has 1 saturated heterocycles. The second-order valence-electron chi connectivity index (χ2n) is 8.27. The highest BCUT2D eigenvalue weighted by Gasteiger charge is 2.17. The van der Waals surface area contributed by atoms with Gasteiger partial charge in [-0.25, -0.2) is 4.79 Å². The number of piperazine rings is 1. The van der Waals surface area contributed by atoms with Crippen LogP contribution in [0.5, 0.6) is 0 Å². The summed E-state index contributed by atoms with van der Waals surface area (Å²) in [6.07, 6.45) is 4.04. The molecule has 7 heteroatoms. The fourth-order valence-electron chi connectivity index (χ4n) is 4.40. The highest BCUT2D eigenvalue weighted by atomic mass is 16.4. The Hall–Kier alpha value is -3.45. The number of fused-ring (bicyclic) bond motifs is 2. The number of rotatable bonds is 5. The lowest BCUT2D eigenvalue weighted by Crippen LogP contribution is -2.46. The molecule has 4 aromatic rings. The number of nitrogen functional groups attached to an aromatic ring is 2. The van der Waals surface area contributed by atoms with Gasteiger partial charge in [0.2, 0.25) is 0 Å². The minimum absolute atomic E-state index is 0.146. The molecule has 3 heterocycles. The first kappa shape index (κ1) is 19.5. The minimum Gasteiger partial charge on any atom is -0.421 e. The molecule has 0 radical (unpaired) electrons. The number of hydrogen-bond donors (Lipinski definition) is 3. The number of anilines is 3. The maximum absolute atomic E-state index is 11.6. The Balaban J connectivity index is 1.16. The van der Waals surface area contributed by atoms with E-state index in [1.165, 1.54) is 5.56 Å². The van der Waals surface area contributed by atoms with E-state index in [1.807, 2.05) is 24.4 Å². The summed E-state index contributed by atoms with van der Waals surface area (Å²) in [5.41, 5.74) is 16.4. The lowest BCUT2D eigenvalue weighted by Gasteiger charge is -2.36. The summed E-state index contributed by atoms with van der Waals surface area (Å²) in [6.45, 7) is 5.11. The van der Waals surface area contributed by atoms with Crippen molar-refractivity contribution >= 4 is 38.9 Å². The van der Waals surface area contributed by atoms with Crippen LogP contribution < -0.4 is 22.0 Å². The third kappa shape index (κ3) is 3.96. The Morgan fingerprint density at radius 1 is 0.968 bits per heavy atom. The fourth-order valence-corrected chi connectivity index (χ4v) is 4.40. The highest BCUT2D eigenvalue weighted by Crippen LogP contribution is 2.24. The maximum atomic E-state index is 11.6. The van der Waals surface area contributed by atoms with Gasteiger partial charge in [-0.3, -0.25) is 4.90 Å². The third-order valence-electron chi connectivity index (χ3n) is 6.20. The number of nitrogens with one attached hydrogen (secondary N) is 1. The molecule has 5 N–H and O–H groups in total. The van der Waals surface area contributed by atoms with Gasteiger partial charge in [0, 0.05) is 54.4 Å². The predicted molar refractivity (Wildman–Crippen MR) is 127 cm³/mol. The largest absolute Gasteiger partial charge is 0.421 e. The zero-order valence-electron chi connectivity index (χ0n) is 17.4. The Labute approximate surface area is 180 Å². The molecule has 0 amide bonds. The molecule has 0 bridgehead atoms. The van der Waals surface area contributed by atoms with Gasteiger partial charge in [-0.15, -0.1) is 0 Å². The molecule has 0 aliphatic carbocycles. The summed E-state index contributed by atoms with van der Waals surface area (Å²) in [7, 11) is 0. The SMILES string of the molecule is Nc1cc2cc(N3CCN(CCCc4ccc5[nH]cc(N)c5c4)CC3)ccc2oc1=O. The van der Waals surface area contributed by atoms with Crippen molar-refractivity contribution in [2.45, 2.75) is 12.8 Å². The Kier molecular flexibility index (Phi) is 5.03. The second-order valence-corrected chi connectivity index (χ2v) is 8.27. The van der Waals surface area contributed by atoms with Gasteiger partial charge in [0.25, 0.3) is 0 Å². The third-order valence-corrected chi connectivity index (χ3v) is 6.20. The number of aromatic amines is 1. The summed E-state index contributed by atoms with van der Waals surface area (Å²) in [5.74, 6) is 0. The molecule has 2 aromatic carbocycles. The molecule has 2 aromatic heterocycles. The van der Waals surface area contributed by atoms with Crippen LogP contribution in [0.3, 0.4) is 0 Å². The van der Waals surface area contributed by atoms with Crippen LogP contribution in [0.4, 0.5) is 17.1 Å². The standard InChI is InChI=1S/C24H27N5O2/c25-20-14-17-13-18(4-6-23(17)31-24(20)30)29-10-8-28(9-11-29)7-1-2-16-3-5-22-19(12-16)21(26)15-27-22/h3-6,12-15,27H,1-2,7-11,25-26H2. The van der Waals surface area contributed by atoms with Gasteiger partial charge in [-0.05, 0) is 61.3 Å². The van der Waals surface area contributed by atoms with Gasteiger partial charge < -0.3 is 25.8 Å². The molecule has 0 atom stereocenters. The van der Waals surface area contributed by atoms with Gasteiger partial charge >= 0.3 is 5.63 Å². The van der Waals surface area contributed by atoms with E-state index in [4.69, 9.17) is 15.9 Å². The van der Waals surface area contributed by atoms with E-state index in [2.05, 4.69) is 33.0 Å². The Morgan fingerprint density at radius 3 is 2.65 bits per heavy atom. The number of aryl methyl sites for hydroxylation is 1. The summed E-state index contributed by atoms with van der Waals surface area (Å²) in [5, 5.41) is 1.97. The number of hydrogen-bond acceptors (Lipinski definition) is 6. The number of nitrogens with two attached hydrogens (primary N) is 2. The van der Waals surface area contributed by atoms with Crippen molar-refractivity contribution in [1.82, 2.24) is 9.88 Å². The fraction of sp³-hybridized carbons (Fsp3) is 0.292. The maximum Gasteiger partial charge on any atom is 0.359 e. The van der Waals surface area contributed by atoms with Crippen LogP contribution in [-0.4, -0.2) is 42.6 Å². The predicted octanol–water partition coefficient (Wildman–Crippen LogP) is 3.19. The molecule has 1 fully saturated rings. The van der Waals surface area contributed by atoms with Crippen molar-refractivity contribution in [2.75, 3.05) is 49.1 Å². The van der Waals surface area contributed by atoms with E-state index in [0.29, 0.717) is 5.58 Å². The summed E-state index contributed by atoms with van der Waals surface area (Å²) in [4.78, 5) is 19.7. The van der Waals surface area contributed by atoms with Gasteiger partial charge in [0.1, 0.15) is 11.3 Å². The average Bonchev–Trinajstić information content (AvgIpc) is 3.15. The van der Waals surface area contributed by atoms with Crippen LogP contribution in [0.15, 0.2) is 57.9 Å².